The summed E-state index contributed by atoms with van der Waals surface area (Å²) in [6.07, 6.45) is 0. The number of carbonyl (C=O) groups excluding carboxylic acids is 1. The van der Waals surface area contributed by atoms with Gasteiger partial charge in [0, 0.05) is 27.7 Å². The minimum Gasteiger partial charge on any atom is -0.354 e. The van der Waals surface area contributed by atoms with Crippen LogP contribution in [-0.2, 0) is 5.54 Å². The number of pyridine rings is 2. The van der Waals surface area contributed by atoms with Gasteiger partial charge in [-0.25, -0.2) is 4.39 Å². The molecule has 4 aromatic rings. The second kappa shape index (κ2) is 8.67. The molecule has 2 aromatic carbocycles. The van der Waals surface area contributed by atoms with E-state index >= 15 is 4.39 Å². The van der Waals surface area contributed by atoms with E-state index in [0.717, 1.165) is 23.0 Å². The summed E-state index contributed by atoms with van der Waals surface area (Å²) in [5.74, 6) is -0.823. The van der Waals surface area contributed by atoms with Crippen molar-refractivity contribution in [1.82, 2.24) is 15.3 Å². The predicted octanol–water partition coefficient (Wildman–Crippen LogP) is 6.13. The van der Waals surface area contributed by atoms with Gasteiger partial charge in [0.05, 0.1) is 16.6 Å². The van der Waals surface area contributed by atoms with Crippen molar-refractivity contribution in [2.24, 2.45) is 0 Å². The third kappa shape index (κ3) is 4.32. The van der Waals surface area contributed by atoms with Gasteiger partial charge in [0.15, 0.2) is 5.43 Å². The molecule has 0 saturated carbocycles. The number of aromatic amines is 1. The van der Waals surface area contributed by atoms with Gasteiger partial charge in [-0.2, -0.15) is 0 Å². The Labute approximate surface area is 198 Å². The number of nitrogens with one attached hydrogen (secondary N) is 2. The Morgan fingerprint density at radius 2 is 1.56 bits per heavy atom. The third-order valence-corrected chi connectivity index (χ3v) is 6.23. The number of benzene rings is 2. The van der Waals surface area contributed by atoms with Crippen molar-refractivity contribution in [1.29, 1.82) is 0 Å². The van der Waals surface area contributed by atoms with Gasteiger partial charge < -0.3 is 10.3 Å². The van der Waals surface area contributed by atoms with Crippen LogP contribution in [0.2, 0.25) is 0 Å². The summed E-state index contributed by atoms with van der Waals surface area (Å²) in [4.78, 5) is 34.0. The molecule has 0 spiro atoms. The summed E-state index contributed by atoms with van der Waals surface area (Å²) >= 11 is 0. The van der Waals surface area contributed by atoms with Crippen LogP contribution in [0.1, 0.15) is 80.7 Å². The molecule has 0 radical (unpaired) electrons. The number of fused-ring (bicyclic) bond motifs is 2. The first-order valence-electron chi connectivity index (χ1n) is 11.6. The molecule has 0 saturated heterocycles. The molecule has 0 aliphatic carbocycles. The summed E-state index contributed by atoms with van der Waals surface area (Å²) in [6, 6.07) is 13.6. The molecule has 0 bridgehead atoms. The first kappa shape index (κ1) is 23.6. The lowest BCUT2D eigenvalue weighted by Gasteiger charge is -2.29. The molecular weight excluding hydrogens is 429 g/mol. The van der Waals surface area contributed by atoms with Gasteiger partial charge in [0.25, 0.3) is 5.91 Å². The normalized spacial score (nSPS) is 12.1. The Hall–Kier alpha value is -3.54. The van der Waals surface area contributed by atoms with Crippen LogP contribution in [0, 0.1) is 5.82 Å². The molecule has 176 valence electrons. The van der Waals surface area contributed by atoms with Crippen molar-refractivity contribution in [3.05, 3.63) is 87.1 Å². The summed E-state index contributed by atoms with van der Waals surface area (Å²) < 4.78 is 15.0. The van der Waals surface area contributed by atoms with E-state index < -0.39 is 17.3 Å². The smallest absolute Gasteiger partial charge is 0.255 e. The number of hydrogen-bond donors (Lipinski definition) is 2. The molecule has 2 aromatic heterocycles. The summed E-state index contributed by atoms with van der Waals surface area (Å²) in [6.45, 7) is 12.1. The number of rotatable bonds is 5. The van der Waals surface area contributed by atoms with Crippen molar-refractivity contribution < 1.29 is 9.18 Å². The Morgan fingerprint density at radius 3 is 2.18 bits per heavy atom. The van der Waals surface area contributed by atoms with Gasteiger partial charge in [0.1, 0.15) is 5.82 Å². The van der Waals surface area contributed by atoms with Crippen molar-refractivity contribution >= 4 is 27.7 Å². The molecule has 1 amide bonds. The van der Waals surface area contributed by atoms with Gasteiger partial charge >= 0.3 is 0 Å². The second-order valence-electron chi connectivity index (χ2n) is 9.97. The van der Waals surface area contributed by atoms with E-state index in [-0.39, 0.29) is 28.2 Å². The topological polar surface area (TPSA) is 74.8 Å². The molecule has 34 heavy (non-hydrogen) atoms. The van der Waals surface area contributed by atoms with Crippen molar-refractivity contribution in [3.8, 4) is 0 Å². The van der Waals surface area contributed by atoms with Gasteiger partial charge in [-0.3, -0.25) is 14.6 Å². The molecule has 0 aliphatic heterocycles. The molecule has 5 nitrogen and oxygen atoms in total. The number of hydrogen-bond acceptors (Lipinski definition) is 3. The molecule has 0 fully saturated rings. The van der Waals surface area contributed by atoms with Crippen molar-refractivity contribution in [2.45, 2.75) is 58.9 Å². The number of halogens is 1. The molecular formula is C28H30FN3O2. The summed E-state index contributed by atoms with van der Waals surface area (Å²) in [5.41, 5.74) is 2.70. The van der Waals surface area contributed by atoms with Crippen LogP contribution in [-0.4, -0.2) is 15.9 Å². The largest absolute Gasteiger partial charge is 0.354 e. The average Bonchev–Trinajstić information content (AvgIpc) is 2.78. The van der Waals surface area contributed by atoms with Crippen LogP contribution in [0.15, 0.2) is 53.3 Å². The molecule has 0 aliphatic rings. The lowest BCUT2D eigenvalue weighted by Crippen LogP contribution is -2.41. The van der Waals surface area contributed by atoms with Gasteiger partial charge in [-0.1, -0.05) is 39.8 Å². The van der Waals surface area contributed by atoms with E-state index in [0.29, 0.717) is 16.4 Å². The third-order valence-electron chi connectivity index (χ3n) is 6.23. The molecule has 0 atom stereocenters. The SMILES string of the molecule is CC(C)c1cc(C(C)(C)NC(=O)c2cc3[nH]c4ccccc4c(=O)c3cc2F)cc(C(C)C)n1. The predicted molar refractivity (Wildman–Crippen MR) is 135 cm³/mol. The molecule has 6 heteroatoms. The van der Waals surface area contributed by atoms with Gasteiger partial charge in [-0.15, -0.1) is 0 Å². The lowest BCUT2D eigenvalue weighted by molar-refractivity contribution is 0.0908. The monoisotopic (exact) mass is 459 g/mol. The molecule has 4 rings (SSSR count). The molecule has 0 unspecified atom stereocenters. The zero-order valence-corrected chi connectivity index (χ0v) is 20.4. The van der Waals surface area contributed by atoms with Crippen LogP contribution in [0.3, 0.4) is 0 Å². The summed E-state index contributed by atoms with van der Waals surface area (Å²) in [7, 11) is 0. The Kier molecular flexibility index (Phi) is 6.02. The minimum atomic E-state index is -0.772. The van der Waals surface area contributed by atoms with E-state index in [2.05, 4.69) is 38.0 Å². The number of H-pyrrole nitrogens is 1. The lowest BCUT2D eigenvalue weighted by atomic mass is 9.90. The zero-order valence-electron chi connectivity index (χ0n) is 20.4. The van der Waals surface area contributed by atoms with Crippen LogP contribution in [0.4, 0.5) is 4.39 Å². The maximum Gasteiger partial charge on any atom is 0.255 e. The highest BCUT2D eigenvalue weighted by Gasteiger charge is 2.27. The minimum absolute atomic E-state index is 0.117. The van der Waals surface area contributed by atoms with Crippen LogP contribution >= 0.6 is 0 Å². The average molecular weight is 460 g/mol. The quantitative estimate of drug-likeness (QED) is 0.353. The van der Waals surface area contributed by atoms with Crippen molar-refractivity contribution in [3.63, 3.8) is 0 Å². The fraction of sp³-hybridized carbons (Fsp3) is 0.321. The van der Waals surface area contributed by atoms with Gasteiger partial charge in [0.2, 0.25) is 0 Å². The van der Waals surface area contributed by atoms with Crippen LogP contribution < -0.4 is 10.7 Å². The highest BCUT2D eigenvalue weighted by atomic mass is 19.1. The fourth-order valence-corrected chi connectivity index (χ4v) is 4.07. The Bertz CT molecular complexity index is 1440. The second-order valence-corrected chi connectivity index (χ2v) is 9.97. The standard InChI is InChI=1S/C28H30FN3O2/c1-15(2)23-11-17(12-24(31-23)16(3)4)28(5,6)32-27(34)19-14-25-20(13-21(19)29)26(33)18-9-7-8-10-22(18)30-25/h7-16H,1-6H3,(H,30,33)(H,32,34). The number of para-hydroxylation sites is 1. The highest BCUT2D eigenvalue weighted by Crippen LogP contribution is 2.28. The van der Waals surface area contributed by atoms with E-state index in [1.54, 1.807) is 18.2 Å². The van der Waals surface area contributed by atoms with Crippen molar-refractivity contribution in [2.75, 3.05) is 0 Å². The molecule has 2 heterocycles. The number of nitrogens with zero attached hydrogens (tertiary/aromatic N) is 1. The first-order chi connectivity index (χ1) is 16.0. The summed E-state index contributed by atoms with van der Waals surface area (Å²) in [5, 5.41) is 3.67. The van der Waals surface area contributed by atoms with Gasteiger partial charge in [-0.05, 0) is 67.6 Å². The van der Waals surface area contributed by atoms with Crippen LogP contribution in [0.5, 0.6) is 0 Å². The van der Waals surface area contributed by atoms with E-state index in [1.807, 2.05) is 32.0 Å². The fourth-order valence-electron chi connectivity index (χ4n) is 4.07. The molecule has 2 N–H and O–H groups in total. The van der Waals surface area contributed by atoms with Crippen LogP contribution in [0.25, 0.3) is 21.8 Å². The Morgan fingerprint density at radius 1 is 0.941 bits per heavy atom. The maximum absolute atomic E-state index is 15.0. The number of amides is 1. The highest BCUT2D eigenvalue weighted by molar-refractivity contribution is 6.00. The maximum atomic E-state index is 15.0. The van der Waals surface area contributed by atoms with E-state index in [9.17, 15) is 9.59 Å². The van der Waals surface area contributed by atoms with E-state index in [4.69, 9.17) is 4.98 Å². The first-order valence-corrected chi connectivity index (χ1v) is 11.6. The zero-order chi connectivity index (χ0) is 24.8. The number of carbonyl (C=O) groups is 1. The number of aromatic nitrogens is 2. The Balaban J connectivity index is 1.74. The van der Waals surface area contributed by atoms with E-state index in [1.165, 1.54) is 6.07 Å².